The molecule has 0 fully saturated rings. The lowest BCUT2D eigenvalue weighted by Gasteiger charge is -2.11. The van der Waals surface area contributed by atoms with Crippen LogP contribution in [0, 0.1) is 0 Å². The highest BCUT2D eigenvalue weighted by Gasteiger charge is 2.20. The third-order valence-corrected chi connectivity index (χ3v) is 4.35. The van der Waals surface area contributed by atoms with Crippen molar-refractivity contribution in [3.05, 3.63) is 41.0 Å². The van der Waals surface area contributed by atoms with Crippen LogP contribution in [0.1, 0.15) is 0 Å². The van der Waals surface area contributed by atoms with E-state index >= 15 is 0 Å². The third-order valence-electron chi connectivity index (χ3n) is 2.45. The molecule has 2 aromatic rings. The minimum absolute atomic E-state index is 0.0335. The number of hydrogen-bond acceptors (Lipinski definition) is 5. The van der Waals surface area contributed by atoms with E-state index in [1.54, 1.807) is 12.1 Å². The first-order valence-corrected chi connectivity index (χ1v) is 7.78. The van der Waals surface area contributed by atoms with E-state index in [0.29, 0.717) is 16.0 Å². The number of halogens is 1. The average Bonchev–Trinajstić information content (AvgIpc) is 2.41. The molecule has 1 heterocycles. The van der Waals surface area contributed by atoms with E-state index in [0.717, 1.165) is 0 Å². The Hall–Kier alpha value is -1.80. The number of nitrogens with two attached hydrogens (primary N) is 1. The van der Waals surface area contributed by atoms with Crippen molar-refractivity contribution in [2.45, 2.75) is 4.90 Å². The Labute approximate surface area is 125 Å². The maximum atomic E-state index is 12.3. The van der Waals surface area contributed by atoms with Crippen LogP contribution in [0.15, 0.2) is 45.9 Å². The lowest BCUT2D eigenvalue weighted by atomic mass is 10.3. The predicted octanol–water partition coefficient (Wildman–Crippen LogP) is 2.24. The first-order valence-electron chi connectivity index (χ1n) is 5.50. The van der Waals surface area contributed by atoms with Crippen LogP contribution in [0.4, 0.5) is 11.5 Å². The molecule has 0 bridgehead atoms. The normalized spacial score (nSPS) is 11.1. The van der Waals surface area contributed by atoms with Crippen LogP contribution in [-0.4, -0.2) is 20.5 Å². The molecule has 106 valence electrons. The molecule has 2 rings (SSSR count). The number of aromatic nitrogens is 1. The van der Waals surface area contributed by atoms with Gasteiger partial charge in [-0.1, -0.05) is 15.9 Å². The molecule has 6 nitrogen and oxygen atoms in total. The fraction of sp³-hybridized carbons (Fsp3) is 0.0833. The molecule has 0 amide bonds. The van der Waals surface area contributed by atoms with Crippen molar-refractivity contribution in [3.63, 3.8) is 0 Å². The second kappa shape index (κ2) is 5.68. The Kier molecular flexibility index (Phi) is 4.15. The Morgan fingerprint density at radius 1 is 1.30 bits per heavy atom. The summed E-state index contributed by atoms with van der Waals surface area (Å²) < 4.78 is 32.8. The molecule has 0 radical (unpaired) electrons. The summed E-state index contributed by atoms with van der Waals surface area (Å²) >= 11 is 3.24. The van der Waals surface area contributed by atoms with Crippen molar-refractivity contribution in [1.29, 1.82) is 0 Å². The Morgan fingerprint density at radius 2 is 2.05 bits per heavy atom. The first-order chi connectivity index (χ1) is 9.42. The monoisotopic (exact) mass is 357 g/mol. The molecule has 0 aliphatic rings. The number of methoxy groups -OCH3 is 1. The summed E-state index contributed by atoms with van der Waals surface area (Å²) in [5.74, 6) is 0.567. The number of nitrogen functional groups attached to an aromatic ring is 1. The number of benzene rings is 1. The highest BCUT2D eigenvalue weighted by molar-refractivity contribution is 9.10. The summed E-state index contributed by atoms with van der Waals surface area (Å²) in [5, 5.41) is 0. The van der Waals surface area contributed by atoms with Gasteiger partial charge >= 0.3 is 0 Å². The summed E-state index contributed by atoms with van der Waals surface area (Å²) in [5.41, 5.74) is 5.77. The van der Waals surface area contributed by atoms with Crippen LogP contribution < -0.4 is 15.2 Å². The molecule has 0 unspecified atom stereocenters. The average molecular weight is 358 g/mol. The number of rotatable bonds is 4. The van der Waals surface area contributed by atoms with Gasteiger partial charge < -0.3 is 10.5 Å². The van der Waals surface area contributed by atoms with E-state index in [2.05, 4.69) is 25.6 Å². The number of pyridine rings is 1. The van der Waals surface area contributed by atoms with E-state index in [-0.39, 0.29) is 10.6 Å². The number of hydrogen-bond donors (Lipinski definition) is 2. The SMILES string of the molecule is COc1ccc(Br)cc1S(=O)(=O)Nc1ccc(N)nc1. The van der Waals surface area contributed by atoms with Crippen molar-refractivity contribution in [1.82, 2.24) is 4.98 Å². The highest BCUT2D eigenvalue weighted by atomic mass is 79.9. The van der Waals surface area contributed by atoms with E-state index in [1.165, 1.54) is 31.5 Å². The van der Waals surface area contributed by atoms with Gasteiger partial charge in [0.05, 0.1) is 19.0 Å². The van der Waals surface area contributed by atoms with Gasteiger partial charge in [-0.05, 0) is 30.3 Å². The van der Waals surface area contributed by atoms with Gasteiger partial charge in [0.25, 0.3) is 10.0 Å². The van der Waals surface area contributed by atoms with Gasteiger partial charge in [0.15, 0.2) is 0 Å². The lowest BCUT2D eigenvalue weighted by Crippen LogP contribution is -2.14. The number of nitrogens with zero attached hydrogens (tertiary/aromatic N) is 1. The summed E-state index contributed by atoms with van der Waals surface area (Å²) in [6, 6.07) is 7.77. The first kappa shape index (κ1) is 14.6. The maximum Gasteiger partial charge on any atom is 0.265 e. The van der Waals surface area contributed by atoms with E-state index in [4.69, 9.17) is 10.5 Å². The largest absolute Gasteiger partial charge is 0.495 e. The number of sulfonamides is 1. The van der Waals surface area contributed by atoms with Gasteiger partial charge in [-0.15, -0.1) is 0 Å². The van der Waals surface area contributed by atoms with Gasteiger partial charge in [-0.25, -0.2) is 13.4 Å². The Bertz CT molecular complexity index is 717. The van der Waals surface area contributed by atoms with Gasteiger partial charge in [-0.3, -0.25) is 4.72 Å². The molecule has 3 N–H and O–H groups in total. The standard InChI is InChI=1S/C12H12BrN3O3S/c1-19-10-4-2-8(13)6-11(10)20(17,18)16-9-3-5-12(14)15-7-9/h2-7,16H,1H3,(H2,14,15). The molecule has 0 saturated heterocycles. The van der Waals surface area contributed by atoms with Crippen molar-refractivity contribution in [2.75, 3.05) is 17.6 Å². The quantitative estimate of drug-likeness (QED) is 0.874. The van der Waals surface area contributed by atoms with Crippen LogP contribution in [-0.2, 0) is 10.0 Å². The highest BCUT2D eigenvalue weighted by Crippen LogP contribution is 2.28. The van der Waals surface area contributed by atoms with E-state index < -0.39 is 10.0 Å². The zero-order chi connectivity index (χ0) is 14.8. The molecule has 0 spiro atoms. The number of anilines is 2. The topological polar surface area (TPSA) is 94.3 Å². The van der Waals surface area contributed by atoms with Crippen LogP contribution in [0.2, 0.25) is 0 Å². The van der Waals surface area contributed by atoms with Gasteiger partial charge in [0, 0.05) is 4.47 Å². The zero-order valence-electron chi connectivity index (χ0n) is 10.5. The fourth-order valence-electron chi connectivity index (χ4n) is 1.54. The van der Waals surface area contributed by atoms with Gasteiger partial charge in [0.1, 0.15) is 16.5 Å². The molecule has 0 aliphatic carbocycles. The minimum Gasteiger partial charge on any atom is -0.495 e. The fourth-order valence-corrected chi connectivity index (χ4v) is 3.29. The van der Waals surface area contributed by atoms with Crippen molar-refractivity contribution in [3.8, 4) is 5.75 Å². The van der Waals surface area contributed by atoms with E-state index in [9.17, 15) is 8.42 Å². The molecule has 1 aromatic heterocycles. The molecule has 1 aromatic carbocycles. The summed E-state index contributed by atoms with van der Waals surface area (Å²) in [7, 11) is -2.37. The summed E-state index contributed by atoms with van der Waals surface area (Å²) in [4.78, 5) is 3.86. The second-order valence-electron chi connectivity index (χ2n) is 3.87. The van der Waals surface area contributed by atoms with Crippen LogP contribution in [0.5, 0.6) is 5.75 Å². The van der Waals surface area contributed by atoms with Crippen LogP contribution in [0.25, 0.3) is 0 Å². The van der Waals surface area contributed by atoms with Gasteiger partial charge in [0.2, 0.25) is 0 Å². The van der Waals surface area contributed by atoms with Crippen LogP contribution in [0.3, 0.4) is 0 Å². The molecule has 0 saturated carbocycles. The third kappa shape index (κ3) is 3.20. The van der Waals surface area contributed by atoms with Crippen molar-refractivity contribution < 1.29 is 13.2 Å². The molecule has 0 atom stereocenters. The Balaban J connectivity index is 2.40. The maximum absolute atomic E-state index is 12.3. The molecule has 0 aliphatic heterocycles. The van der Waals surface area contributed by atoms with Crippen molar-refractivity contribution >= 4 is 37.5 Å². The Morgan fingerprint density at radius 3 is 2.65 bits per heavy atom. The summed E-state index contributed by atoms with van der Waals surface area (Å²) in [6.45, 7) is 0. The smallest absolute Gasteiger partial charge is 0.265 e. The molecule has 20 heavy (non-hydrogen) atoms. The molecule has 8 heteroatoms. The van der Waals surface area contributed by atoms with E-state index in [1.807, 2.05) is 0 Å². The number of ether oxygens (including phenoxy) is 1. The van der Waals surface area contributed by atoms with Crippen molar-refractivity contribution in [2.24, 2.45) is 0 Å². The molecular weight excluding hydrogens is 346 g/mol. The zero-order valence-corrected chi connectivity index (χ0v) is 12.9. The second-order valence-corrected chi connectivity index (χ2v) is 6.44. The van der Waals surface area contributed by atoms with Crippen LogP contribution >= 0.6 is 15.9 Å². The lowest BCUT2D eigenvalue weighted by molar-refractivity contribution is 0.403. The van der Waals surface area contributed by atoms with Gasteiger partial charge in [-0.2, -0.15) is 0 Å². The number of nitrogens with one attached hydrogen (secondary N) is 1. The summed E-state index contributed by atoms with van der Waals surface area (Å²) in [6.07, 6.45) is 1.34. The minimum atomic E-state index is -3.78. The predicted molar refractivity (Wildman–Crippen MR) is 80.2 cm³/mol. The molecular formula is C12H12BrN3O3S.